The molecule has 3 heteroatoms. The molecule has 0 unspecified atom stereocenters. The number of hydrogen-bond acceptors (Lipinski definition) is 3. The highest BCUT2D eigenvalue weighted by molar-refractivity contribution is 7.97. The van der Waals surface area contributed by atoms with E-state index in [0.717, 1.165) is 0 Å². The molecule has 1 N–H and O–H groups in total. The van der Waals surface area contributed by atoms with Crippen LogP contribution in [-0.2, 0) is 0 Å². The highest BCUT2D eigenvalue weighted by atomic mass is 32.2. The quantitative estimate of drug-likeness (QED) is 0.482. The van der Waals surface area contributed by atoms with Crippen LogP contribution in [0.4, 0.5) is 0 Å². The number of fused-ring (bicyclic) bond motifs is 1. The maximum Gasteiger partial charge on any atom is 0.0969 e. The van der Waals surface area contributed by atoms with Gasteiger partial charge in [0.2, 0.25) is 0 Å². The second-order valence-corrected chi connectivity index (χ2v) is 4.04. The van der Waals surface area contributed by atoms with Crippen molar-refractivity contribution in [2.24, 2.45) is 4.99 Å². The van der Waals surface area contributed by atoms with E-state index in [0.29, 0.717) is 6.67 Å². The Morgan fingerprint density at radius 3 is 2.80 bits per heavy atom. The average molecular weight is 216 g/mol. The summed E-state index contributed by atoms with van der Waals surface area (Å²) in [5, 5.41) is 2.53. The van der Waals surface area contributed by atoms with Gasteiger partial charge in [-0.1, -0.05) is 36.4 Å². The van der Waals surface area contributed by atoms with Crippen molar-refractivity contribution in [3.8, 4) is 0 Å². The van der Waals surface area contributed by atoms with Gasteiger partial charge in [0.15, 0.2) is 0 Å². The van der Waals surface area contributed by atoms with Crippen LogP contribution in [0.5, 0.6) is 0 Å². The molecule has 76 valence electrons. The molecule has 2 aromatic carbocycles. The van der Waals surface area contributed by atoms with E-state index in [-0.39, 0.29) is 0 Å². The van der Waals surface area contributed by atoms with Crippen LogP contribution in [0.2, 0.25) is 0 Å². The topological polar surface area (TPSA) is 24.4 Å². The summed E-state index contributed by atoms with van der Waals surface area (Å²) in [4.78, 5) is 4.97. The van der Waals surface area contributed by atoms with Crippen molar-refractivity contribution in [1.82, 2.24) is 4.72 Å². The van der Waals surface area contributed by atoms with Gasteiger partial charge in [-0.3, -0.25) is 4.99 Å². The summed E-state index contributed by atoms with van der Waals surface area (Å²) in [6, 6.07) is 14.6. The molecule has 0 fully saturated rings. The Morgan fingerprint density at radius 1 is 1.13 bits per heavy atom. The Kier molecular flexibility index (Phi) is 3.37. The Balaban J connectivity index is 2.30. The lowest BCUT2D eigenvalue weighted by Gasteiger charge is -2.05. The number of nitrogens with one attached hydrogen (secondary N) is 1. The molecule has 0 heterocycles. The van der Waals surface area contributed by atoms with E-state index < -0.39 is 0 Å². The monoisotopic (exact) mass is 216 g/mol. The van der Waals surface area contributed by atoms with Gasteiger partial charge < -0.3 is 0 Å². The third kappa shape index (κ3) is 2.37. The maximum absolute atomic E-state index is 3.75. The van der Waals surface area contributed by atoms with Gasteiger partial charge in [-0.2, -0.15) is 0 Å². The second kappa shape index (κ2) is 4.96. The Hall–Kier alpha value is -1.32. The van der Waals surface area contributed by atoms with Crippen LogP contribution in [0, 0.1) is 0 Å². The smallest absolute Gasteiger partial charge is 0.0969 e. The second-order valence-electron chi connectivity index (χ2n) is 3.11. The maximum atomic E-state index is 3.75. The van der Waals surface area contributed by atoms with Gasteiger partial charge in [0.25, 0.3) is 0 Å². The molecule has 0 saturated heterocycles. The van der Waals surface area contributed by atoms with Crippen LogP contribution in [0.1, 0.15) is 0 Å². The zero-order chi connectivity index (χ0) is 10.5. The lowest BCUT2D eigenvalue weighted by molar-refractivity contribution is 0.994. The molecule has 2 nitrogen and oxygen atoms in total. The van der Waals surface area contributed by atoms with Crippen LogP contribution in [0.3, 0.4) is 0 Å². The number of aliphatic imine (C=N–C) groups is 1. The predicted octanol–water partition coefficient (Wildman–Crippen LogP) is 3.09. The Labute approximate surface area is 93.5 Å². The van der Waals surface area contributed by atoms with Crippen molar-refractivity contribution in [3.63, 3.8) is 0 Å². The summed E-state index contributed by atoms with van der Waals surface area (Å²) < 4.78 is 3.13. The van der Waals surface area contributed by atoms with E-state index in [1.165, 1.54) is 15.7 Å². The van der Waals surface area contributed by atoms with Gasteiger partial charge in [0.1, 0.15) is 0 Å². The molecule has 0 aliphatic carbocycles. The van der Waals surface area contributed by atoms with Crippen molar-refractivity contribution in [3.05, 3.63) is 42.5 Å². The normalized spacial score (nSPS) is 10.4. The minimum Gasteiger partial charge on any atom is -0.285 e. The molecule has 0 aromatic heterocycles. The molecule has 0 spiro atoms. The molecule has 2 aromatic rings. The van der Waals surface area contributed by atoms with Crippen molar-refractivity contribution in [2.75, 3.05) is 6.67 Å². The van der Waals surface area contributed by atoms with Crippen molar-refractivity contribution >= 4 is 29.4 Å². The SMILES string of the molecule is C=NCNSc1cccc2ccccc12. The van der Waals surface area contributed by atoms with Gasteiger partial charge in [0, 0.05) is 4.90 Å². The largest absolute Gasteiger partial charge is 0.285 e. The van der Waals surface area contributed by atoms with Gasteiger partial charge >= 0.3 is 0 Å². The van der Waals surface area contributed by atoms with Crippen LogP contribution in [0.25, 0.3) is 10.8 Å². The zero-order valence-corrected chi connectivity index (χ0v) is 9.13. The Bertz CT molecular complexity index is 463. The van der Waals surface area contributed by atoms with Gasteiger partial charge in [0.05, 0.1) is 6.67 Å². The van der Waals surface area contributed by atoms with Crippen LogP contribution in [0.15, 0.2) is 52.4 Å². The Morgan fingerprint density at radius 2 is 1.93 bits per heavy atom. The van der Waals surface area contributed by atoms with E-state index >= 15 is 0 Å². The molecule has 0 bridgehead atoms. The summed E-state index contributed by atoms with van der Waals surface area (Å²) in [5.74, 6) is 0. The van der Waals surface area contributed by atoms with E-state index in [1.54, 1.807) is 11.9 Å². The molecule has 0 radical (unpaired) electrons. The number of benzene rings is 2. The fraction of sp³-hybridized carbons (Fsp3) is 0.0833. The first-order chi connectivity index (χ1) is 7.42. The fourth-order valence-corrected chi connectivity index (χ4v) is 2.19. The minimum atomic E-state index is 0.563. The zero-order valence-electron chi connectivity index (χ0n) is 8.31. The summed E-state index contributed by atoms with van der Waals surface area (Å²) in [7, 11) is 0. The van der Waals surface area contributed by atoms with E-state index in [4.69, 9.17) is 0 Å². The van der Waals surface area contributed by atoms with Crippen LogP contribution >= 0.6 is 11.9 Å². The number of rotatable bonds is 4. The molecular weight excluding hydrogens is 204 g/mol. The summed E-state index contributed by atoms with van der Waals surface area (Å²) in [5.41, 5.74) is 0. The number of nitrogens with zero attached hydrogens (tertiary/aromatic N) is 1. The van der Waals surface area contributed by atoms with E-state index in [2.05, 4.69) is 58.9 Å². The molecule has 0 amide bonds. The van der Waals surface area contributed by atoms with Crippen LogP contribution in [-0.4, -0.2) is 13.4 Å². The molecular formula is C12H12N2S. The van der Waals surface area contributed by atoms with Crippen LogP contribution < -0.4 is 4.72 Å². The lowest BCUT2D eigenvalue weighted by atomic mass is 10.1. The number of hydrogen-bond donors (Lipinski definition) is 1. The first-order valence-electron chi connectivity index (χ1n) is 4.72. The van der Waals surface area contributed by atoms with Gasteiger partial charge in [-0.15, -0.1) is 0 Å². The molecule has 2 rings (SSSR count). The van der Waals surface area contributed by atoms with Crippen molar-refractivity contribution < 1.29 is 0 Å². The summed E-state index contributed by atoms with van der Waals surface area (Å²) in [6.45, 7) is 3.99. The van der Waals surface area contributed by atoms with E-state index in [9.17, 15) is 0 Å². The average Bonchev–Trinajstić information content (AvgIpc) is 2.30. The van der Waals surface area contributed by atoms with Gasteiger partial charge in [-0.05, 0) is 35.5 Å². The minimum absolute atomic E-state index is 0.563. The van der Waals surface area contributed by atoms with Gasteiger partial charge in [-0.25, -0.2) is 4.72 Å². The summed E-state index contributed by atoms with van der Waals surface area (Å²) >= 11 is 1.59. The third-order valence-corrected chi connectivity index (χ3v) is 2.96. The summed E-state index contributed by atoms with van der Waals surface area (Å²) in [6.07, 6.45) is 0. The lowest BCUT2D eigenvalue weighted by Crippen LogP contribution is -2.01. The highest BCUT2D eigenvalue weighted by Crippen LogP contribution is 2.25. The molecule has 0 saturated carbocycles. The first-order valence-corrected chi connectivity index (χ1v) is 5.53. The molecule has 0 aliphatic rings. The van der Waals surface area contributed by atoms with Crippen molar-refractivity contribution in [1.29, 1.82) is 0 Å². The van der Waals surface area contributed by atoms with E-state index in [1.807, 2.05) is 0 Å². The first kappa shape index (κ1) is 10.2. The standard InChI is InChI=1S/C12H12N2S/c1-13-9-14-15-12-8-4-6-10-5-2-3-7-11(10)12/h2-8,14H,1,9H2. The molecule has 0 atom stereocenters. The fourth-order valence-electron chi connectivity index (χ4n) is 1.44. The predicted molar refractivity (Wildman–Crippen MR) is 67.4 cm³/mol. The molecule has 15 heavy (non-hydrogen) atoms. The van der Waals surface area contributed by atoms with Crippen molar-refractivity contribution in [2.45, 2.75) is 4.90 Å². The highest BCUT2D eigenvalue weighted by Gasteiger charge is 1.99. The molecule has 0 aliphatic heterocycles. The third-order valence-electron chi connectivity index (χ3n) is 2.11.